The van der Waals surface area contributed by atoms with Gasteiger partial charge in [-0.15, -0.1) is 12.3 Å². The number of nitrogens with one attached hydrogen (secondary N) is 2. The zero-order valence-electron chi connectivity index (χ0n) is 18.8. The van der Waals surface area contributed by atoms with Crippen molar-refractivity contribution in [3.63, 3.8) is 0 Å². The number of aliphatic carboxylic acids is 1. The average Bonchev–Trinajstić information content (AvgIpc) is 3.14. The van der Waals surface area contributed by atoms with Crippen molar-refractivity contribution in [2.45, 2.75) is 38.6 Å². The van der Waals surface area contributed by atoms with E-state index >= 15 is 0 Å². The Morgan fingerprint density at radius 2 is 1.70 bits per heavy atom. The molecule has 0 heterocycles. The number of hydrogen-bond acceptors (Lipinski definition) is 4. The van der Waals surface area contributed by atoms with Crippen LogP contribution in [0.2, 0.25) is 0 Å². The average molecular weight is 449 g/mol. The fourth-order valence-corrected chi connectivity index (χ4v) is 3.87. The van der Waals surface area contributed by atoms with Crippen molar-refractivity contribution in [3.8, 4) is 23.5 Å². The fourth-order valence-electron chi connectivity index (χ4n) is 3.87. The third-order valence-electron chi connectivity index (χ3n) is 6.22. The molecule has 7 heteroatoms. The molecule has 1 aliphatic rings. The minimum Gasteiger partial charge on any atom is -0.481 e. The number of benzene rings is 2. The molecule has 7 nitrogen and oxygen atoms in total. The smallest absolute Gasteiger partial charge is 0.407 e. The molecule has 0 saturated carbocycles. The van der Waals surface area contributed by atoms with Crippen molar-refractivity contribution < 1.29 is 24.2 Å². The summed E-state index contributed by atoms with van der Waals surface area (Å²) >= 11 is 0. The van der Waals surface area contributed by atoms with Crippen molar-refractivity contribution in [3.05, 3.63) is 59.7 Å². The van der Waals surface area contributed by atoms with E-state index < -0.39 is 29.4 Å². The van der Waals surface area contributed by atoms with E-state index in [1.165, 1.54) is 0 Å². The Bertz CT molecular complexity index is 1040. The van der Waals surface area contributed by atoms with Crippen LogP contribution in [0.25, 0.3) is 11.1 Å². The SMILES string of the molecule is C#CCC(NC(=O)OCC1c2ccccc2-c2ccccc21)C(=O)NCC(C)(CC)C(=O)O. The number of carbonyl (C=O) groups excluding carboxylic acids is 2. The van der Waals surface area contributed by atoms with Gasteiger partial charge < -0.3 is 20.5 Å². The van der Waals surface area contributed by atoms with Crippen LogP contribution >= 0.6 is 0 Å². The van der Waals surface area contributed by atoms with Crippen LogP contribution in [0, 0.1) is 17.8 Å². The first kappa shape index (κ1) is 23.9. The Morgan fingerprint density at radius 3 is 2.21 bits per heavy atom. The molecule has 172 valence electrons. The number of carboxylic acids is 1. The largest absolute Gasteiger partial charge is 0.481 e. The minimum atomic E-state index is -1.11. The highest BCUT2D eigenvalue weighted by molar-refractivity contribution is 5.86. The van der Waals surface area contributed by atoms with Gasteiger partial charge in [-0.1, -0.05) is 55.5 Å². The molecule has 1 aliphatic carbocycles. The summed E-state index contributed by atoms with van der Waals surface area (Å²) < 4.78 is 5.48. The van der Waals surface area contributed by atoms with Gasteiger partial charge in [0, 0.05) is 18.9 Å². The van der Waals surface area contributed by atoms with Crippen molar-refractivity contribution in [1.29, 1.82) is 0 Å². The lowest BCUT2D eigenvalue weighted by Gasteiger charge is -2.25. The fraction of sp³-hybridized carbons (Fsp3) is 0.346. The normalized spacial score (nSPS) is 14.7. The molecule has 3 N–H and O–H groups in total. The Balaban J connectivity index is 1.62. The van der Waals surface area contributed by atoms with Crippen LogP contribution in [0.4, 0.5) is 4.79 Å². The highest BCUT2D eigenvalue weighted by Crippen LogP contribution is 2.44. The van der Waals surface area contributed by atoms with Crippen LogP contribution < -0.4 is 10.6 Å². The van der Waals surface area contributed by atoms with E-state index in [-0.39, 0.29) is 25.5 Å². The maximum Gasteiger partial charge on any atom is 0.407 e. The maximum atomic E-state index is 12.6. The summed E-state index contributed by atoms with van der Waals surface area (Å²) in [5, 5.41) is 14.5. The topological polar surface area (TPSA) is 105 Å². The molecule has 0 fully saturated rings. The van der Waals surface area contributed by atoms with Crippen molar-refractivity contribution >= 4 is 18.0 Å². The highest BCUT2D eigenvalue weighted by atomic mass is 16.5. The van der Waals surface area contributed by atoms with Gasteiger partial charge in [-0.25, -0.2) is 4.79 Å². The van der Waals surface area contributed by atoms with E-state index in [1.54, 1.807) is 13.8 Å². The standard InChI is InChI=1S/C26H28N2O5/c1-4-10-22(23(29)27-16-26(3,5-2)24(30)31)28-25(32)33-15-21-19-13-8-6-11-17(19)18-12-7-9-14-20(18)21/h1,6-9,11-14,21-22H,5,10,15-16H2,2-3H3,(H,27,29)(H,28,32)(H,30,31). The number of ether oxygens (including phenoxy) is 1. The summed E-state index contributed by atoms with van der Waals surface area (Å²) in [6.45, 7) is 3.31. The summed E-state index contributed by atoms with van der Waals surface area (Å²) in [5.74, 6) is 0.692. The van der Waals surface area contributed by atoms with E-state index in [0.717, 1.165) is 22.3 Å². The van der Waals surface area contributed by atoms with Gasteiger partial charge in [0.15, 0.2) is 0 Å². The lowest BCUT2D eigenvalue weighted by Crippen LogP contribution is -2.50. The lowest BCUT2D eigenvalue weighted by molar-refractivity contribution is -0.148. The molecule has 2 unspecified atom stereocenters. The van der Waals surface area contributed by atoms with E-state index in [0.29, 0.717) is 6.42 Å². The quantitative estimate of drug-likeness (QED) is 0.509. The van der Waals surface area contributed by atoms with Crippen LogP contribution in [0.5, 0.6) is 0 Å². The second kappa shape index (κ2) is 10.2. The molecule has 2 aromatic rings. The van der Waals surface area contributed by atoms with Crippen molar-refractivity contribution in [2.75, 3.05) is 13.2 Å². The number of carboxylic acid groups (broad SMARTS) is 1. The Kier molecular flexibility index (Phi) is 7.39. The number of carbonyl (C=O) groups is 3. The molecule has 0 radical (unpaired) electrons. The molecular formula is C26H28N2O5. The summed E-state index contributed by atoms with van der Waals surface area (Å²) in [6, 6.07) is 14.9. The zero-order chi connectivity index (χ0) is 24.0. The van der Waals surface area contributed by atoms with Gasteiger partial charge >= 0.3 is 12.1 Å². The molecule has 2 aromatic carbocycles. The van der Waals surface area contributed by atoms with Gasteiger partial charge in [0.2, 0.25) is 5.91 Å². The van der Waals surface area contributed by atoms with Crippen molar-refractivity contribution in [1.82, 2.24) is 10.6 Å². The molecule has 0 aliphatic heterocycles. The molecule has 2 amide bonds. The maximum absolute atomic E-state index is 12.6. The molecule has 0 aromatic heterocycles. The predicted molar refractivity (Wildman–Crippen MR) is 124 cm³/mol. The third kappa shape index (κ3) is 5.17. The summed E-state index contributed by atoms with van der Waals surface area (Å²) in [5.41, 5.74) is 3.28. The molecule has 2 atom stereocenters. The number of fused-ring (bicyclic) bond motifs is 3. The van der Waals surface area contributed by atoms with Gasteiger partial charge in [0.25, 0.3) is 0 Å². The Hall–Kier alpha value is -3.79. The first-order valence-electron chi connectivity index (χ1n) is 10.9. The first-order valence-corrected chi connectivity index (χ1v) is 10.9. The highest BCUT2D eigenvalue weighted by Gasteiger charge is 2.33. The number of hydrogen-bond donors (Lipinski definition) is 3. The lowest BCUT2D eigenvalue weighted by atomic mass is 9.87. The van der Waals surface area contributed by atoms with Crippen LogP contribution in [0.3, 0.4) is 0 Å². The van der Waals surface area contributed by atoms with Crippen LogP contribution in [0.1, 0.15) is 43.7 Å². The second-order valence-corrected chi connectivity index (χ2v) is 8.37. The molecule has 0 spiro atoms. The van der Waals surface area contributed by atoms with Gasteiger partial charge in [-0.05, 0) is 35.6 Å². The van der Waals surface area contributed by atoms with Gasteiger partial charge in [0.1, 0.15) is 12.6 Å². The number of terminal acetylenes is 1. The van der Waals surface area contributed by atoms with E-state index in [2.05, 4.69) is 16.6 Å². The third-order valence-corrected chi connectivity index (χ3v) is 6.22. The van der Waals surface area contributed by atoms with E-state index in [9.17, 15) is 19.5 Å². The number of rotatable bonds is 9. The van der Waals surface area contributed by atoms with Gasteiger partial charge in [-0.3, -0.25) is 9.59 Å². The van der Waals surface area contributed by atoms with E-state index in [4.69, 9.17) is 11.2 Å². The van der Waals surface area contributed by atoms with Gasteiger partial charge in [-0.2, -0.15) is 0 Å². The van der Waals surface area contributed by atoms with Crippen molar-refractivity contribution in [2.24, 2.45) is 5.41 Å². The molecule has 3 rings (SSSR count). The van der Waals surface area contributed by atoms with Gasteiger partial charge in [0.05, 0.1) is 5.41 Å². The summed E-state index contributed by atoms with van der Waals surface area (Å²) in [6.07, 6.45) is 4.89. The molecule has 33 heavy (non-hydrogen) atoms. The van der Waals surface area contributed by atoms with Crippen LogP contribution in [-0.4, -0.2) is 42.3 Å². The summed E-state index contributed by atoms with van der Waals surface area (Å²) in [7, 11) is 0. The predicted octanol–water partition coefficient (Wildman–Crippen LogP) is 3.53. The Morgan fingerprint density at radius 1 is 1.12 bits per heavy atom. The number of alkyl carbamates (subject to hydrolysis) is 1. The van der Waals surface area contributed by atoms with Crippen LogP contribution in [-0.2, 0) is 14.3 Å². The molecule has 0 saturated heterocycles. The second-order valence-electron chi connectivity index (χ2n) is 8.37. The molecule has 0 bridgehead atoms. The monoisotopic (exact) mass is 448 g/mol. The minimum absolute atomic E-state index is 0.0497. The van der Waals surface area contributed by atoms with E-state index in [1.807, 2.05) is 48.5 Å². The Labute approximate surface area is 193 Å². The van der Waals surface area contributed by atoms with Crippen LogP contribution in [0.15, 0.2) is 48.5 Å². The first-order chi connectivity index (χ1) is 15.8. The molecular weight excluding hydrogens is 420 g/mol. The number of amides is 2. The zero-order valence-corrected chi connectivity index (χ0v) is 18.8. The summed E-state index contributed by atoms with van der Waals surface area (Å²) in [4.78, 5) is 36.5.